The van der Waals surface area contributed by atoms with Gasteiger partial charge in [0, 0.05) is 38.4 Å². The minimum Gasteiger partial charge on any atom is -0.504 e. The number of benzene rings is 1. The number of carbonyl (C=O) groups excluding carboxylic acids is 2. The van der Waals surface area contributed by atoms with Gasteiger partial charge in [-0.3, -0.25) is 19.1 Å². The molecule has 6 heterocycles. The number of hydrogen-bond donors (Lipinski definition) is 2. The van der Waals surface area contributed by atoms with Crippen LogP contribution in [0.2, 0.25) is 5.02 Å². The van der Waals surface area contributed by atoms with E-state index in [1.807, 2.05) is 16.5 Å². The number of aromatic nitrogens is 8. The Morgan fingerprint density at radius 3 is 2.57 bits per heavy atom. The number of aryl methyl sites for hydroxylation is 2. The Balaban J connectivity index is 1.25. The van der Waals surface area contributed by atoms with E-state index in [1.54, 1.807) is 17.7 Å². The quantitative estimate of drug-likeness (QED) is 0.254. The molecule has 1 saturated heterocycles. The van der Waals surface area contributed by atoms with E-state index in [9.17, 15) is 32.7 Å². The predicted octanol–water partition coefficient (Wildman–Crippen LogP) is 3.34. The van der Waals surface area contributed by atoms with Gasteiger partial charge in [-0.2, -0.15) is 27.8 Å². The van der Waals surface area contributed by atoms with Gasteiger partial charge in [0.2, 0.25) is 11.7 Å². The average Bonchev–Trinajstić information content (AvgIpc) is 3.84. The number of nitrogens with one attached hydrogen (secondary N) is 1. The summed E-state index contributed by atoms with van der Waals surface area (Å²) in [6, 6.07) is 2.63. The first-order valence-electron chi connectivity index (χ1n) is 16.1. The summed E-state index contributed by atoms with van der Waals surface area (Å²) < 4.78 is 44.2. The highest BCUT2D eigenvalue weighted by Crippen LogP contribution is 2.34. The number of rotatable bonds is 7. The van der Waals surface area contributed by atoms with E-state index in [2.05, 4.69) is 25.5 Å². The van der Waals surface area contributed by atoms with Crippen molar-refractivity contribution in [3.8, 4) is 17.1 Å². The van der Waals surface area contributed by atoms with Crippen LogP contribution in [-0.2, 0) is 36.9 Å². The van der Waals surface area contributed by atoms with Crippen LogP contribution in [0.5, 0.6) is 5.75 Å². The third-order valence-corrected chi connectivity index (χ3v) is 9.41. The van der Waals surface area contributed by atoms with Crippen LogP contribution in [0.25, 0.3) is 17.2 Å². The van der Waals surface area contributed by atoms with Gasteiger partial charge in [0.15, 0.2) is 17.3 Å². The number of halogens is 4. The Morgan fingerprint density at radius 1 is 1.10 bits per heavy atom. The maximum atomic E-state index is 14.3. The SMILES string of the molecule is CCc1c(N2CCN(C(=O)c3ncnc(C)c3O)CC2)c(=O)n2nc(-c3cnn4c3CCC4)nc2n1CC(=O)Nc1ccc(C(F)(F)F)cc1Cl. The normalized spacial score (nSPS) is 14.7. The maximum absolute atomic E-state index is 14.3. The largest absolute Gasteiger partial charge is 0.504 e. The van der Waals surface area contributed by atoms with E-state index < -0.39 is 29.1 Å². The van der Waals surface area contributed by atoms with Crippen molar-refractivity contribution in [2.45, 2.75) is 52.4 Å². The molecule has 266 valence electrons. The van der Waals surface area contributed by atoms with Crippen molar-refractivity contribution in [1.29, 1.82) is 0 Å². The van der Waals surface area contributed by atoms with Crippen LogP contribution in [0.15, 0.2) is 35.5 Å². The Kier molecular flexibility index (Phi) is 8.64. The van der Waals surface area contributed by atoms with Gasteiger partial charge < -0.3 is 24.8 Å². The number of amides is 2. The summed E-state index contributed by atoms with van der Waals surface area (Å²) in [7, 11) is 0. The van der Waals surface area contributed by atoms with Crippen molar-refractivity contribution < 1.29 is 27.9 Å². The summed E-state index contributed by atoms with van der Waals surface area (Å²) in [4.78, 5) is 57.0. The second-order valence-corrected chi connectivity index (χ2v) is 12.6. The highest BCUT2D eigenvalue weighted by atomic mass is 35.5. The molecule has 19 heteroatoms. The molecule has 0 atom stereocenters. The molecule has 15 nitrogen and oxygen atoms in total. The number of aromatic hydroxyl groups is 1. The topological polar surface area (TPSA) is 169 Å². The lowest BCUT2D eigenvalue weighted by molar-refractivity contribution is -0.137. The molecule has 0 saturated carbocycles. The fraction of sp³-hybridized carbons (Fsp3) is 0.375. The van der Waals surface area contributed by atoms with Crippen LogP contribution >= 0.6 is 11.6 Å². The monoisotopic (exact) mass is 725 g/mol. The molecular weight excluding hydrogens is 695 g/mol. The summed E-state index contributed by atoms with van der Waals surface area (Å²) >= 11 is 6.13. The molecule has 1 aromatic carbocycles. The number of alkyl halides is 3. The number of anilines is 2. The average molecular weight is 726 g/mol. The zero-order chi connectivity index (χ0) is 36.2. The highest BCUT2D eigenvalue weighted by molar-refractivity contribution is 6.33. The molecule has 2 aliphatic heterocycles. The molecule has 0 bridgehead atoms. The van der Waals surface area contributed by atoms with Crippen LogP contribution in [0.3, 0.4) is 0 Å². The molecule has 2 aliphatic rings. The van der Waals surface area contributed by atoms with E-state index in [-0.39, 0.29) is 84.3 Å². The number of nitrogens with zero attached hydrogens (tertiary/aromatic N) is 10. The molecule has 2 N–H and O–H groups in total. The van der Waals surface area contributed by atoms with Crippen molar-refractivity contribution in [1.82, 2.24) is 43.8 Å². The van der Waals surface area contributed by atoms with Gasteiger partial charge in [-0.05, 0) is 44.4 Å². The fourth-order valence-electron chi connectivity index (χ4n) is 6.53. The maximum Gasteiger partial charge on any atom is 0.416 e. The zero-order valence-corrected chi connectivity index (χ0v) is 28.2. The van der Waals surface area contributed by atoms with Gasteiger partial charge >= 0.3 is 6.18 Å². The summed E-state index contributed by atoms with van der Waals surface area (Å²) in [5.41, 5.74) is 1.02. The molecule has 4 aromatic heterocycles. The second-order valence-electron chi connectivity index (χ2n) is 12.2. The Morgan fingerprint density at radius 2 is 1.86 bits per heavy atom. The lowest BCUT2D eigenvalue weighted by atomic mass is 10.2. The van der Waals surface area contributed by atoms with E-state index >= 15 is 0 Å². The number of fused-ring (bicyclic) bond motifs is 2. The minimum absolute atomic E-state index is 0.0201. The van der Waals surface area contributed by atoms with E-state index in [0.717, 1.165) is 47.8 Å². The van der Waals surface area contributed by atoms with Crippen molar-refractivity contribution in [3.63, 3.8) is 0 Å². The van der Waals surface area contributed by atoms with Gasteiger partial charge in [0.1, 0.15) is 18.6 Å². The van der Waals surface area contributed by atoms with E-state index in [1.165, 1.54) is 11.2 Å². The molecule has 2 amide bonds. The summed E-state index contributed by atoms with van der Waals surface area (Å²) in [5, 5.41) is 21.7. The highest BCUT2D eigenvalue weighted by Gasteiger charge is 2.33. The van der Waals surface area contributed by atoms with Crippen molar-refractivity contribution in [2.75, 3.05) is 36.4 Å². The van der Waals surface area contributed by atoms with Crippen LogP contribution in [0, 0.1) is 6.92 Å². The number of piperazine rings is 1. The molecule has 0 spiro atoms. The van der Waals surface area contributed by atoms with Crippen LogP contribution < -0.4 is 15.8 Å². The second kappa shape index (κ2) is 13.0. The molecule has 0 aliphatic carbocycles. The lowest BCUT2D eigenvalue weighted by Gasteiger charge is -2.36. The van der Waals surface area contributed by atoms with Crippen LogP contribution in [-0.4, -0.2) is 86.9 Å². The Hall–Kier alpha value is -5.52. The Bertz CT molecular complexity index is 2260. The standard InChI is InChI=1S/C32H31ClF3N11O4/c1-3-22-26(43-9-11-44(12-10-43)29(50)25-27(49)17(2)37-16-38-25)30(51)47-31(41-28(42-47)19-14-39-46-8-4-5-23(19)46)45(22)15-24(48)40-21-7-6-18(13-20(21)33)32(34,35)36/h6-7,13-14,16,49H,3-5,8-12,15H2,1-2H3,(H,40,48). The number of carbonyl (C=O) groups is 2. The van der Waals surface area contributed by atoms with Gasteiger partial charge in [0.05, 0.1) is 39.4 Å². The predicted molar refractivity (Wildman–Crippen MR) is 178 cm³/mol. The number of hydrogen-bond acceptors (Lipinski definition) is 10. The third kappa shape index (κ3) is 6.12. The summed E-state index contributed by atoms with van der Waals surface area (Å²) in [6.07, 6.45) is 0.178. The molecule has 0 radical (unpaired) electrons. The first kappa shape index (κ1) is 34.0. The van der Waals surface area contributed by atoms with Crippen molar-refractivity contribution >= 4 is 40.6 Å². The van der Waals surface area contributed by atoms with Crippen molar-refractivity contribution in [3.05, 3.63) is 74.4 Å². The minimum atomic E-state index is -4.61. The van der Waals surface area contributed by atoms with Crippen LogP contribution in [0.4, 0.5) is 24.5 Å². The van der Waals surface area contributed by atoms with E-state index in [0.29, 0.717) is 11.3 Å². The lowest BCUT2D eigenvalue weighted by Crippen LogP contribution is -2.51. The van der Waals surface area contributed by atoms with Gasteiger partial charge in [-0.15, -0.1) is 5.10 Å². The third-order valence-electron chi connectivity index (χ3n) is 9.10. The summed E-state index contributed by atoms with van der Waals surface area (Å²) in [5.74, 6) is -1.06. The molecule has 1 fully saturated rings. The fourth-order valence-corrected chi connectivity index (χ4v) is 6.75. The smallest absolute Gasteiger partial charge is 0.416 e. The first-order chi connectivity index (χ1) is 24.3. The van der Waals surface area contributed by atoms with Crippen molar-refractivity contribution in [2.24, 2.45) is 0 Å². The van der Waals surface area contributed by atoms with Gasteiger partial charge in [-0.25, -0.2) is 9.97 Å². The van der Waals surface area contributed by atoms with Crippen LogP contribution in [0.1, 0.15) is 46.5 Å². The van der Waals surface area contributed by atoms with E-state index in [4.69, 9.17) is 16.6 Å². The van der Waals surface area contributed by atoms with Gasteiger partial charge in [0.25, 0.3) is 11.5 Å². The molecular formula is C32H31ClF3N11O4. The van der Waals surface area contributed by atoms with Gasteiger partial charge in [-0.1, -0.05) is 18.5 Å². The molecule has 0 unspecified atom stereocenters. The Labute approximate surface area is 292 Å². The molecule has 51 heavy (non-hydrogen) atoms. The molecule has 7 rings (SSSR count). The zero-order valence-electron chi connectivity index (χ0n) is 27.4. The molecule has 5 aromatic rings. The first-order valence-corrected chi connectivity index (χ1v) is 16.5. The summed E-state index contributed by atoms with van der Waals surface area (Å²) in [6.45, 7) is 4.60.